The van der Waals surface area contributed by atoms with Crippen molar-refractivity contribution in [2.45, 2.75) is 26.6 Å². The molecule has 0 unspecified atom stereocenters. The molecule has 1 heterocycles. The van der Waals surface area contributed by atoms with Gasteiger partial charge < -0.3 is 14.6 Å². The lowest BCUT2D eigenvalue weighted by atomic mass is 10.1. The van der Waals surface area contributed by atoms with E-state index in [9.17, 15) is 18.0 Å². The van der Waals surface area contributed by atoms with Gasteiger partial charge in [0, 0.05) is 17.3 Å². The summed E-state index contributed by atoms with van der Waals surface area (Å²) in [6.45, 7) is 3.39. The summed E-state index contributed by atoms with van der Waals surface area (Å²) >= 11 is 0. The number of anilines is 1. The molecular formula is C14H13F3N2O3. The highest BCUT2D eigenvalue weighted by atomic mass is 19.4. The van der Waals surface area contributed by atoms with Gasteiger partial charge in [0.1, 0.15) is 11.5 Å². The minimum Gasteiger partial charge on any atom is -0.406 e. The maximum Gasteiger partial charge on any atom is 0.573 e. The van der Waals surface area contributed by atoms with E-state index >= 15 is 0 Å². The highest BCUT2D eigenvalue weighted by Gasteiger charge is 2.31. The first-order chi connectivity index (χ1) is 10.2. The zero-order chi connectivity index (χ0) is 16.3. The molecule has 0 fully saturated rings. The second-order valence-corrected chi connectivity index (χ2v) is 4.60. The van der Waals surface area contributed by atoms with Crippen molar-refractivity contribution in [3.63, 3.8) is 0 Å². The van der Waals surface area contributed by atoms with Crippen LogP contribution in [0.2, 0.25) is 0 Å². The van der Waals surface area contributed by atoms with E-state index in [-0.39, 0.29) is 12.1 Å². The van der Waals surface area contributed by atoms with Crippen LogP contribution in [0, 0.1) is 13.8 Å². The molecule has 0 aliphatic rings. The third kappa shape index (κ3) is 4.24. The number of carbonyl (C=O) groups excluding carboxylic acids is 1. The second kappa shape index (κ2) is 6.08. The number of ether oxygens (including phenoxy) is 1. The van der Waals surface area contributed by atoms with E-state index in [1.807, 2.05) is 0 Å². The Hall–Kier alpha value is -2.51. The van der Waals surface area contributed by atoms with Crippen LogP contribution in [0.3, 0.4) is 0 Å². The standard InChI is InChI=1S/C14H13F3N2O3/c1-8-12(9(2)22-19-8)7-13(20)18-10-4-3-5-11(6-10)21-14(15,16)17/h3-6H,7H2,1-2H3,(H,18,20). The van der Waals surface area contributed by atoms with Crippen LogP contribution in [-0.2, 0) is 11.2 Å². The third-order valence-electron chi connectivity index (χ3n) is 2.87. The number of rotatable bonds is 4. The van der Waals surface area contributed by atoms with Gasteiger partial charge in [-0.05, 0) is 26.0 Å². The van der Waals surface area contributed by atoms with E-state index in [1.165, 1.54) is 12.1 Å². The average molecular weight is 314 g/mol. The molecule has 1 aromatic carbocycles. The first-order valence-corrected chi connectivity index (χ1v) is 6.32. The van der Waals surface area contributed by atoms with Crippen LogP contribution < -0.4 is 10.1 Å². The average Bonchev–Trinajstić information content (AvgIpc) is 2.69. The molecule has 1 amide bonds. The quantitative estimate of drug-likeness (QED) is 0.939. The van der Waals surface area contributed by atoms with Gasteiger partial charge >= 0.3 is 6.36 Å². The van der Waals surface area contributed by atoms with Crippen molar-refractivity contribution >= 4 is 11.6 Å². The number of hydrogen-bond donors (Lipinski definition) is 1. The molecule has 0 atom stereocenters. The number of amides is 1. The number of benzene rings is 1. The zero-order valence-corrected chi connectivity index (χ0v) is 11.8. The van der Waals surface area contributed by atoms with Crippen molar-refractivity contribution in [2.75, 3.05) is 5.32 Å². The predicted molar refractivity (Wildman–Crippen MR) is 71.4 cm³/mol. The molecule has 0 aliphatic carbocycles. The molecular weight excluding hydrogens is 301 g/mol. The first kappa shape index (κ1) is 15.9. The van der Waals surface area contributed by atoms with Crippen LogP contribution in [0.5, 0.6) is 5.75 Å². The van der Waals surface area contributed by atoms with Crippen LogP contribution in [0.1, 0.15) is 17.0 Å². The summed E-state index contributed by atoms with van der Waals surface area (Å²) in [4.78, 5) is 11.9. The van der Waals surface area contributed by atoms with Gasteiger partial charge in [0.25, 0.3) is 0 Å². The first-order valence-electron chi connectivity index (χ1n) is 6.32. The lowest BCUT2D eigenvalue weighted by molar-refractivity contribution is -0.274. The summed E-state index contributed by atoms with van der Waals surface area (Å²) in [6.07, 6.45) is -4.76. The van der Waals surface area contributed by atoms with Gasteiger partial charge in [-0.2, -0.15) is 0 Å². The summed E-state index contributed by atoms with van der Waals surface area (Å²) in [5, 5.41) is 6.24. The molecule has 0 bridgehead atoms. The highest BCUT2D eigenvalue weighted by molar-refractivity contribution is 5.92. The highest BCUT2D eigenvalue weighted by Crippen LogP contribution is 2.25. The Balaban J connectivity index is 2.04. The summed E-state index contributed by atoms with van der Waals surface area (Å²) in [7, 11) is 0. The Morgan fingerprint density at radius 3 is 2.68 bits per heavy atom. The van der Waals surface area contributed by atoms with E-state index < -0.39 is 18.0 Å². The fourth-order valence-electron chi connectivity index (χ4n) is 1.89. The smallest absolute Gasteiger partial charge is 0.406 e. The largest absolute Gasteiger partial charge is 0.573 e. The lowest BCUT2D eigenvalue weighted by Gasteiger charge is -2.10. The Kier molecular flexibility index (Phi) is 4.39. The number of halogens is 3. The number of nitrogens with one attached hydrogen (secondary N) is 1. The van der Waals surface area contributed by atoms with Crippen LogP contribution >= 0.6 is 0 Å². The van der Waals surface area contributed by atoms with E-state index in [0.29, 0.717) is 17.0 Å². The Morgan fingerprint density at radius 2 is 2.09 bits per heavy atom. The van der Waals surface area contributed by atoms with Crippen LogP contribution in [0.25, 0.3) is 0 Å². The van der Waals surface area contributed by atoms with Gasteiger partial charge in [-0.3, -0.25) is 4.79 Å². The van der Waals surface area contributed by atoms with E-state index in [4.69, 9.17) is 4.52 Å². The van der Waals surface area contributed by atoms with Gasteiger partial charge in [0.05, 0.1) is 12.1 Å². The Morgan fingerprint density at radius 1 is 1.36 bits per heavy atom. The Labute approximate surface area is 124 Å². The van der Waals surface area contributed by atoms with Crippen LogP contribution in [-0.4, -0.2) is 17.4 Å². The van der Waals surface area contributed by atoms with E-state index in [1.54, 1.807) is 13.8 Å². The van der Waals surface area contributed by atoms with Gasteiger partial charge in [0.2, 0.25) is 5.91 Å². The topological polar surface area (TPSA) is 64.4 Å². The zero-order valence-electron chi connectivity index (χ0n) is 11.8. The predicted octanol–water partition coefficient (Wildman–Crippen LogP) is 3.37. The number of aromatic nitrogens is 1. The number of hydrogen-bond acceptors (Lipinski definition) is 4. The molecule has 2 aromatic rings. The number of alkyl halides is 3. The maximum atomic E-state index is 12.1. The monoisotopic (exact) mass is 314 g/mol. The van der Waals surface area contributed by atoms with Crippen molar-refractivity contribution in [1.29, 1.82) is 0 Å². The molecule has 1 N–H and O–H groups in total. The third-order valence-corrected chi connectivity index (χ3v) is 2.87. The molecule has 0 radical (unpaired) electrons. The van der Waals surface area contributed by atoms with Crippen molar-refractivity contribution in [3.05, 3.63) is 41.3 Å². The molecule has 8 heteroatoms. The molecule has 1 aromatic heterocycles. The van der Waals surface area contributed by atoms with Gasteiger partial charge in [0.15, 0.2) is 0 Å². The van der Waals surface area contributed by atoms with Gasteiger partial charge in [-0.15, -0.1) is 13.2 Å². The fourth-order valence-corrected chi connectivity index (χ4v) is 1.89. The molecule has 0 saturated heterocycles. The molecule has 22 heavy (non-hydrogen) atoms. The van der Waals surface area contributed by atoms with Crippen molar-refractivity contribution in [1.82, 2.24) is 5.16 Å². The van der Waals surface area contributed by atoms with Gasteiger partial charge in [-0.1, -0.05) is 11.2 Å². The minimum absolute atomic E-state index is 0.0194. The normalized spacial score (nSPS) is 11.3. The summed E-state index contributed by atoms with van der Waals surface area (Å²) < 4.78 is 45.2. The molecule has 118 valence electrons. The maximum absolute atomic E-state index is 12.1. The number of carbonyl (C=O) groups is 1. The SMILES string of the molecule is Cc1noc(C)c1CC(=O)Nc1cccc(OC(F)(F)F)c1. The summed E-state index contributed by atoms with van der Waals surface area (Å²) in [5.41, 5.74) is 1.46. The molecule has 0 aliphatic heterocycles. The molecule has 5 nitrogen and oxygen atoms in total. The molecule has 0 spiro atoms. The van der Waals surface area contributed by atoms with Crippen molar-refractivity contribution < 1.29 is 27.2 Å². The Bertz CT molecular complexity index is 661. The molecule has 0 saturated carbocycles. The number of aryl methyl sites for hydroxylation is 2. The summed E-state index contributed by atoms with van der Waals surface area (Å²) in [6, 6.07) is 5.07. The molecule has 2 rings (SSSR count). The van der Waals surface area contributed by atoms with Crippen LogP contribution in [0.15, 0.2) is 28.8 Å². The second-order valence-electron chi connectivity index (χ2n) is 4.60. The van der Waals surface area contributed by atoms with Gasteiger partial charge in [-0.25, -0.2) is 0 Å². The summed E-state index contributed by atoms with van der Waals surface area (Å²) in [5.74, 6) is -0.261. The van der Waals surface area contributed by atoms with E-state index in [2.05, 4.69) is 15.2 Å². The van der Waals surface area contributed by atoms with Crippen molar-refractivity contribution in [3.8, 4) is 5.75 Å². The number of nitrogens with zero attached hydrogens (tertiary/aromatic N) is 1. The van der Waals surface area contributed by atoms with Crippen LogP contribution in [0.4, 0.5) is 18.9 Å². The van der Waals surface area contributed by atoms with Crippen molar-refractivity contribution in [2.24, 2.45) is 0 Å². The van der Waals surface area contributed by atoms with E-state index in [0.717, 1.165) is 12.1 Å². The fraction of sp³-hybridized carbons (Fsp3) is 0.286. The lowest BCUT2D eigenvalue weighted by Crippen LogP contribution is -2.18. The minimum atomic E-state index is -4.78.